The molecule has 0 fully saturated rings. The fourth-order valence-corrected chi connectivity index (χ4v) is 17.7. The van der Waals surface area contributed by atoms with Gasteiger partial charge < -0.3 is 0 Å². The zero-order chi connectivity index (χ0) is 36.7. The summed E-state index contributed by atoms with van der Waals surface area (Å²) >= 11 is -2.84. The van der Waals surface area contributed by atoms with Crippen molar-refractivity contribution in [3.8, 4) is 33.4 Å². The molecule has 0 radical (unpaired) electrons. The first-order valence-corrected chi connectivity index (χ1v) is 23.1. The van der Waals surface area contributed by atoms with Gasteiger partial charge in [-0.1, -0.05) is 0 Å². The summed E-state index contributed by atoms with van der Waals surface area (Å²) in [6, 6.07) is 55.4. The molecule has 0 N–H and O–H groups in total. The molecule has 0 aromatic heterocycles. The van der Waals surface area contributed by atoms with Crippen molar-refractivity contribution in [3.63, 3.8) is 0 Å². The van der Waals surface area contributed by atoms with Crippen molar-refractivity contribution in [1.29, 1.82) is 0 Å². The monoisotopic (exact) mass is 836 g/mol. The average molecular weight is 839 g/mol. The smallest absolute Gasteiger partial charge is 0.147 e. The van der Waals surface area contributed by atoms with Crippen LogP contribution in [0.25, 0.3) is 33.4 Å². The van der Waals surface area contributed by atoms with E-state index in [2.05, 4.69) is 205 Å². The standard InChI is InChI=1S/C33H33.C14H12.C5H5.2ClH.Zr/c1-32(2,3)30-20-26-24(18-28(30)22-13-9-7-10-14-22)17-25-19-29(23-15-11-8-12-16-23)31(21-27(25)26)33(4,5)6;1-3-7-13(8-4-1)11-12-14-9-5-2-6-10-14;1-2-4-5-3-1;;;/h7-21H,1-6H3;1-10H,11H2;1-3H,4H2;2*1H;. The van der Waals surface area contributed by atoms with Crippen LogP contribution < -0.4 is 0 Å². The third kappa shape index (κ3) is 8.18. The van der Waals surface area contributed by atoms with Crippen molar-refractivity contribution in [2.24, 2.45) is 0 Å². The number of allylic oxidation sites excluding steroid dienone is 4. The zero-order valence-corrected chi connectivity index (χ0v) is 37.0. The van der Waals surface area contributed by atoms with Crippen LogP contribution in [0.4, 0.5) is 0 Å². The van der Waals surface area contributed by atoms with Gasteiger partial charge in [0.25, 0.3) is 0 Å². The predicted molar refractivity (Wildman–Crippen MR) is 239 cm³/mol. The Morgan fingerprint density at radius 2 is 0.982 bits per heavy atom. The van der Waals surface area contributed by atoms with Gasteiger partial charge in [-0.25, -0.2) is 0 Å². The molecular weight excluding hydrogens is 787 g/mol. The van der Waals surface area contributed by atoms with Gasteiger partial charge in [0.05, 0.1) is 0 Å². The van der Waals surface area contributed by atoms with E-state index in [9.17, 15) is 0 Å². The largest absolute Gasteiger partial charge is 0.147 e. The molecule has 0 spiro atoms. The summed E-state index contributed by atoms with van der Waals surface area (Å²) < 4.78 is 3.70. The SMILES string of the molecule is CC(C)(C)c1cc2c(cc1-c1ccccc1)[CH](/[Zr]([C]1=CC=CC1)=[C](\Cc1ccccc1)c1ccccc1)c1cc(-c3ccccc3)c(C(C)(C)C)cc1-2.Cl.Cl. The van der Waals surface area contributed by atoms with Gasteiger partial charge in [-0.05, 0) is 0 Å². The van der Waals surface area contributed by atoms with E-state index in [0.29, 0.717) is 3.63 Å². The number of rotatable bonds is 7. The van der Waals surface area contributed by atoms with Gasteiger partial charge >= 0.3 is 327 Å². The van der Waals surface area contributed by atoms with Gasteiger partial charge in [-0.3, -0.25) is 0 Å². The van der Waals surface area contributed by atoms with Crippen LogP contribution >= 0.6 is 24.8 Å². The summed E-state index contributed by atoms with van der Waals surface area (Å²) in [6.45, 7) is 14.3. The topological polar surface area (TPSA) is 0 Å². The zero-order valence-electron chi connectivity index (χ0n) is 32.9. The number of fused-ring (bicyclic) bond motifs is 3. The second kappa shape index (κ2) is 16.7. The second-order valence-electron chi connectivity index (χ2n) is 16.9. The molecule has 0 nitrogen and oxygen atoms in total. The fraction of sp³-hybridized carbons (Fsp3) is 0.212. The molecule has 278 valence electrons. The Labute approximate surface area is 349 Å². The van der Waals surface area contributed by atoms with Crippen molar-refractivity contribution in [3.05, 3.63) is 200 Å². The molecule has 0 amide bonds. The van der Waals surface area contributed by atoms with Crippen molar-refractivity contribution in [1.82, 2.24) is 0 Å². The molecule has 0 atom stereocenters. The Morgan fingerprint density at radius 3 is 1.40 bits per heavy atom. The van der Waals surface area contributed by atoms with Gasteiger partial charge in [0, 0.05) is 0 Å². The van der Waals surface area contributed by atoms with Gasteiger partial charge in [0.15, 0.2) is 0 Å². The van der Waals surface area contributed by atoms with E-state index >= 15 is 0 Å². The summed E-state index contributed by atoms with van der Waals surface area (Å²) in [6.07, 6.45) is 9.26. The minimum atomic E-state index is -2.84. The summed E-state index contributed by atoms with van der Waals surface area (Å²) in [5.41, 5.74) is 16.9. The molecule has 0 heterocycles. The fourth-order valence-electron chi connectivity index (χ4n) is 8.60. The van der Waals surface area contributed by atoms with Crippen molar-refractivity contribution < 1.29 is 21.3 Å². The summed E-state index contributed by atoms with van der Waals surface area (Å²) in [5.74, 6) is 0. The number of hydrogen-bond acceptors (Lipinski definition) is 0. The van der Waals surface area contributed by atoms with Crippen LogP contribution in [-0.4, -0.2) is 3.21 Å². The number of hydrogen-bond donors (Lipinski definition) is 0. The van der Waals surface area contributed by atoms with Crippen LogP contribution in [0, 0.1) is 0 Å². The van der Waals surface area contributed by atoms with Crippen molar-refractivity contribution in [2.45, 2.75) is 68.8 Å². The third-order valence-electron chi connectivity index (χ3n) is 11.2. The van der Waals surface area contributed by atoms with Gasteiger partial charge in [0.2, 0.25) is 0 Å². The summed E-state index contributed by atoms with van der Waals surface area (Å²) in [7, 11) is 0. The summed E-state index contributed by atoms with van der Waals surface area (Å²) in [5, 5.41) is 0. The van der Waals surface area contributed by atoms with Gasteiger partial charge in [-0.15, -0.1) is 24.8 Å². The Hall–Kier alpha value is -3.87. The molecule has 2 aliphatic carbocycles. The maximum absolute atomic E-state index is 2.84. The van der Waals surface area contributed by atoms with E-state index in [1.165, 1.54) is 66.8 Å². The van der Waals surface area contributed by atoms with Crippen LogP contribution in [0.3, 0.4) is 0 Å². The molecule has 0 aliphatic heterocycles. The van der Waals surface area contributed by atoms with Crippen molar-refractivity contribution in [2.75, 3.05) is 0 Å². The molecule has 0 unspecified atom stereocenters. The van der Waals surface area contributed by atoms with E-state index in [4.69, 9.17) is 0 Å². The number of halogens is 2. The Bertz CT molecular complexity index is 2270. The summed E-state index contributed by atoms with van der Waals surface area (Å²) in [4.78, 5) is 0. The van der Waals surface area contributed by atoms with Crippen LogP contribution in [0.1, 0.15) is 85.0 Å². The van der Waals surface area contributed by atoms with E-state index in [1.54, 1.807) is 6.49 Å². The average Bonchev–Trinajstić information content (AvgIpc) is 3.81. The maximum atomic E-state index is 2.64. The molecule has 6 aromatic rings. The minimum Gasteiger partial charge on any atom is -0.147 e. The van der Waals surface area contributed by atoms with E-state index < -0.39 is 21.3 Å². The van der Waals surface area contributed by atoms with Gasteiger partial charge in [-0.2, -0.15) is 0 Å². The molecular formula is C52H52Cl2Zr. The maximum Gasteiger partial charge on any atom is -0.147 e. The first-order valence-electron chi connectivity index (χ1n) is 19.2. The normalized spacial score (nSPS) is 14.0. The third-order valence-corrected chi connectivity index (χ3v) is 19.5. The first-order chi connectivity index (χ1) is 25.6. The predicted octanol–water partition coefficient (Wildman–Crippen LogP) is 14.5. The Kier molecular flexibility index (Phi) is 12.4. The Balaban J connectivity index is 0.00000257. The van der Waals surface area contributed by atoms with Crippen molar-refractivity contribution >= 4 is 28.0 Å². The Morgan fingerprint density at radius 1 is 0.545 bits per heavy atom. The second-order valence-corrected chi connectivity index (χ2v) is 23.4. The molecule has 2 aliphatic rings. The molecule has 55 heavy (non-hydrogen) atoms. The quantitative estimate of drug-likeness (QED) is 0.150. The molecule has 3 heteroatoms. The van der Waals surface area contributed by atoms with Crippen LogP contribution in [0.15, 0.2) is 167 Å². The van der Waals surface area contributed by atoms with Crippen LogP contribution in [-0.2, 0) is 38.5 Å². The van der Waals surface area contributed by atoms with E-state index in [-0.39, 0.29) is 35.6 Å². The van der Waals surface area contributed by atoms with Crippen LogP contribution in [0.2, 0.25) is 0 Å². The molecule has 0 saturated heterocycles. The number of benzene rings is 6. The first kappa shape index (κ1) is 40.8. The molecule has 0 bridgehead atoms. The molecule has 0 saturated carbocycles. The minimum absolute atomic E-state index is 0. The van der Waals surface area contributed by atoms with Crippen LogP contribution in [0.5, 0.6) is 0 Å². The van der Waals surface area contributed by atoms with Gasteiger partial charge in [0.1, 0.15) is 0 Å². The van der Waals surface area contributed by atoms with E-state index in [1.807, 2.05) is 0 Å². The molecule has 6 aromatic carbocycles. The molecule has 8 rings (SSSR count). The van der Waals surface area contributed by atoms with E-state index in [0.717, 1.165) is 12.8 Å².